The van der Waals surface area contributed by atoms with Gasteiger partial charge in [-0.15, -0.1) is 0 Å². The molecule has 15 heavy (non-hydrogen) atoms. The van der Waals surface area contributed by atoms with Crippen molar-refractivity contribution < 1.29 is 4.39 Å². The average molecular weight is 205 g/mol. The summed E-state index contributed by atoms with van der Waals surface area (Å²) in [4.78, 5) is 0. The van der Waals surface area contributed by atoms with E-state index in [1.54, 1.807) is 12.1 Å². The second-order valence-corrected chi connectivity index (χ2v) is 3.32. The number of hydrogen-bond acceptors (Lipinski definition) is 2. The van der Waals surface area contributed by atoms with E-state index in [4.69, 9.17) is 0 Å². The van der Waals surface area contributed by atoms with Crippen molar-refractivity contribution >= 4 is 0 Å². The first kappa shape index (κ1) is 9.86. The van der Waals surface area contributed by atoms with Crippen LogP contribution in [0.1, 0.15) is 5.69 Å². The number of aromatic amines is 1. The third-order valence-electron chi connectivity index (χ3n) is 2.14. The molecule has 0 spiro atoms. The van der Waals surface area contributed by atoms with Crippen molar-refractivity contribution in [3.63, 3.8) is 0 Å². The summed E-state index contributed by atoms with van der Waals surface area (Å²) in [7, 11) is 1.87. The molecule has 0 unspecified atom stereocenters. The van der Waals surface area contributed by atoms with Crippen LogP contribution in [0, 0.1) is 5.82 Å². The molecule has 0 amide bonds. The van der Waals surface area contributed by atoms with E-state index < -0.39 is 0 Å². The molecular formula is C11H12FN3. The number of hydrogen-bond donors (Lipinski definition) is 2. The van der Waals surface area contributed by atoms with Gasteiger partial charge in [0.2, 0.25) is 0 Å². The largest absolute Gasteiger partial charge is 0.314 e. The summed E-state index contributed by atoms with van der Waals surface area (Å²) in [5.74, 6) is -0.232. The highest BCUT2D eigenvalue weighted by atomic mass is 19.1. The van der Waals surface area contributed by atoms with Crippen molar-refractivity contribution in [3.05, 3.63) is 41.8 Å². The SMILES string of the molecule is CNCc1cc(-c2ccc(F)cc2)n[nH]1. The Bertz CT molecular complexity index is 433. The molecule has 78 valence electrons. The molecule has 0 fully saturated rings. The molecule has 0 bridgehead atoms. The van der Waals surface area contributed by atoms with Crippen LogP contribution in [-0.4, -0.2) is 17.2 Å². The fourth-order valence-corrected chi connectivity index (χ4v) is 1.41. The Morgan fingerprint density at radius 3 is 2.73 bits per heavy atom. The van der Waals surface area contributed by atoms with Crippen LogP contribution in [-0.2, 0) is 6.54 Å². The molecule has 0 aliphatic rings. The molecule has 2 rings (SSSR count). The minimum atomic E-state index is -0.232. The van der Waals surface area contributed by atoms with Gasteiger partial charge < -0.3 is 5.32 Å². The van der Waals surface area contributed by atoms with Crippen molar-refractivity contribution in [2.75, 3.05) is 7.05 Å². The van der Waals surface area contributed by atoms with Crippen molar-refractivity contribution in [2.24, 2.45) is 0 Å². The van der Waals surface area contributed by atoms with E-state index >= 15 is 0 Å². The Hall–Kier alpha value is -1.68. The van der Waals surface area contributed by atoms with Gasteiger partial charge in [-0.25, -0.2) is 4.39 Å². The second kappa shape index (κ2) is 4.23. The minimum absolute atomic E-state index is 0.232. The number of nitrogens with one attached hydrogen (secondary N) is 2. The van der Waals surface area contributed by atoms with Crippen LogP contribution in [0.15, 0.2) is 30.3 Å². The molecule has 0 aliphatic heterocycles. The molecule has 1 aromatic heterocycles. The Morgan fingerprint density at radius 1 is 1.33 bits per heavy atom. The predicted octanol–water partition coefficient (Wildman–Crippen LogP) is 1.94. The van der Waals surface area contributed by atoms with Crippen molar-refractivity contribution in [1.82, 2.24) is 15.5 Å². The Labute approximate surface area is 87.3 Å². The lowest BCUT2D eigenvalue weighted by molar-refractivity contribution is 0.628. The Kier molecular flexibility index (Phi) is 2.78. The van der Waals surface area contributed by atoms with Gasteiger partial charge in [0.15, 0.2) is 0 Å². The molecule has 0 saturated heterocycles. The molecule has 2 N–H and O–H groups in total. The highest BCUT2D eigenvalue weighted by Crippen LogP contribution is 2.17. The Morgan fingerprint density at radius 2 is 2.07 bits per heavy atom. The number of halogens is 1. The summed E-state index contributed by atoms with van der Waals surface area (Å²) in [6.07, 6.45) is 0. The summed E-state index contributed by atoms with van der Waals surface area (Å²) >= 11 is 0. The van der Waals surface area contributed by atoms with Gasteiger partial charge in [0.25, 0.3) is 0 Å². The maximum Gasteiger partial charge on any atom is 0.123 e. The molecule has 3 nitrogen and oxygen atoms in total. The molecule has 1 heterocycles. The van der Waals surface area contributed by atoms with Gasteiger partial charge in [-0.3, -0.25) is 5.10 Å². The highest BCUT2D eigenvalue weighted by Gasteiger charge is 2.02. The highest BCUT2D eigenvalue weighted by molar-refractivity contribution is 5.58. The maximum atomic E-state index is 12.7. The first-order valence-electron chi connectivity index (χ1n) is 4.74. The first-order valence-corrected chi connectivity index (χ1v) is 4.74. The van der Waals surface area contributed by atoms with E-state index in [0.29, 0.717) is 0 Å². The van der Waals surface area contributed by atoms with Crippen LogP contribution < -0.4 is 5.32 Å². The standard InChI is InChI=1S/C11H12FN3/c1-13-7-10-6-11(15-14-10)8-2-4-9(12)5-3-8/h2-6,13H,7H2,1H3,(H,14,15). The van der Waals surface area contributed by atoms with E-state index in [9.17, 15) is 4.39 Å². The molecule has 0 saturated carbocycles. The molecular weight excluding hydrogens is 193 g/mol. The maximum absolute atomic E-state index is 12.7. The summed E-state index contributed by atoms with van der Waals surface area (Å²) in [6, 6.07) is 8.25. The van der Waals surface area contributed by atoms with Gasteiger partial charge in [0.1, 0.15) is 5.82 Å². The zero-order chi connectivity index (χ0) is 10.7. The Balaban J connectivity index is 2.25. The number of H-pyrrole nitrogens is 1. The summed E-state index contributed by atoms with van der Waals surface area (Å²) in [5.41, 5.74) is 2.76. The van der Waals surface area contributed by atoms with Crippen LogP contribution in [0.2, 0.25) is 0 Å². The fraction of sp³-hybridized carbons (Fsp3) is 0.182. The lowest BCUT2D eigenvalue weighted by Gasteiger charge is -1.94. The number of rotatable bonds is 3. The first-order chi connectivity index (χ1) is 7.29. The zero-order valence-electron chi connectivity index (χ0n) is 8.42. The quantitative estimate of drug-likeness (QED) is 0.803. The fourth-order valence-electron chi connectivity index (χ4n) is 1.41. The monoisotopic (exact) mass is 205 g/mol. The van der Waals surface area contributed by atoms with E-state index in [0.717, 1.165) is 23.5 Å². The third-order valence-corrected chi connectivity index (χ3v) is 2.14. The lowest BCUT2D eigenvalue weighted by atomic mass is 10.1. The van der Waals surface area contributed by atoms with E-state index in [1.807, 2.05) is 13.1 Å². The van der Waals surface area contributed by atoms with Crippen LogP contribution in [0.5, 0.6) is 0 Å². The number of benzene rings is 1. The summed E-state index contributed by atoms with van der Waals surface area (Å²) < 4.78 is 12.7. The van der Waals surface area contributed by atoms with Crippen LogP contribution in [0.4, 0.5) is 4.39 Å². The van der Waals surface area contributed by atoms with Crippen molar-refractivity contribution in [1.29, 1.82) is 0 Å². The lowest BCUT2D eigenvalue weighted by Crippen LogP contribution is -2.04. The van der Waals surface area contributed by atoms with Gasteiger partial charge in [0.05, 0.1) is 5.69 Å². The summed E-state index contributed by atoms with van der Waals surface area (Å²) in [6.45, 7) is 0.744. The molecule has 4 heteroatoms. The number of nitrogens with zero attached hydrogens (tertiary/aromatic N) is 1. The smallest absolute Gasteiger partial charge is 0.123 e. The number of aromatic nitrogens is 2. The molecule has 0 atom stereocenters. The van der Waals surface area contributed by atoms with Crippen molar-refractivity contribution in [3.8, 4) is 11.3 Å². The third kappa shape index (κ3) is 2.22. The van der Waals surface area contributed by atoms with Crippen LogP contribution in [0.25, 0.3) is 11.3 Å². The molecule has 2 aromatic rings. The second-order valence-electron chi connectivity index (χ2n) is 3.32. The van der Waals surface area contributed by atoms with E-state index in [1.165, 1.54) is 12.1 Å². The molecule has 0 radical (unpaired) electrons. The molecule has 0 aliphatic carbocycles. The molecule has 1 aromatic carbocycles. The van der Waals surface area contributed by atoms with Gasteiger partial charge in [-0.1, -0.05) is 0 Å². The van der Waals surface area contributed by atoms with Gasteiger partial charge in [0, 0.05) is 17.8 Å². The normalized spacial score (nSPS) is 10.5. The van der Waals surface area contributed by atoms with Crippen LogP contribution >= 0.6 is 0 Å². The zero-order valence-corrected chi connectivity index (χ0v) is 8.42. The topological polar surface area (TPSA) is 40.7 Å². The minimum Gasteiger partial charge on any atom is -0.314 e. The predicted molar refractivity (Wildman–Crippen MR) is 56.7 cm³/mol. The average Bonchev–Trinajstić information content (AvgIpc) is 2.68. The van der Waals surface area contributed by atoms with Gasteiger partial charge in [-0.2, -0.15) is 5.10 Å². The van der Waals surface area contributed by atoms with Gasteiger partial charge >= 0.3 is 0 Å². The summed E-state index contributed by atoms with van der Waals surface area (Å²) in [5, 5.41) is 10.1. The van der Waals surface area contributed by atoms with E-state index in [-0.39, 0.29) is 5.82 Å². The van der Waals surface area contributed by atoms with Gasteiger partial charge in [-0.05, 0) is 37.4 Å². The van der Waals surface area contributed by atoms with Crippen LogP contribution in [0.3, 0.4) is 0 Å². The van der Waals surface area contributed by atoms with Crippen molar-refractivity contribution in [2.45, 2.75) is 6.54 Å². The van der Waals surface area contributed by atoms with E-state index in [2.05, 4.69) is 15.5 Å².